The highest BCUT2D eigenvalue weighted by Crippen LogP contribution is 2.71. The Morgan fingerprint density at radius 2 is 2.16 bits per heavy atom. The number of aromatic nitrogens is 3. The van der Waals surface area contributed by atoms with Crippen LogP contribution in [0.5, 0.6) is 0 Å². The molecule has 3 atom stereocenters. The van der Waals surface area contributed by atoms with Gasteiger partial charge in [0.15, 0.2) is 0 Å². The Hall–Kier alpha value is -0.900. The maximum absolute atomic E-state index is 11.6. The summed E-state index contributed by atoms with van der Waals surface area (Å²) in [5.74, 6) is 0.604. The van der Waals surface area contributed by atoms with E-state index in [1.54, 1.807) is 6.20 Å². The Kier molecular flexibility index (Phi) is 2.63. The molecule has 19 heavy (non-hydrogen) atoms. The molecule has 106 valence electrons. The fraction of sp³-hybridized carbons (Fsp3) is 0.867. The van der Waals surface area contributed by atoms with Crippen LogP contribution in [0.2, 0.25) is 0 Å². The van der Waals surface area contributed by atoms with E-state index in [0.717, 1.165) is 31.5 Å². The first-order valence-electron chi connectivity index (χ1n) is 7.48. The summed E-state index contributed by atoms with van der Waals surface area (Å²) in [6.07, 6.45) is 6.25. The van der Waals surface area contributed by atoms with Crippen LogP contribution in [0.15, 0.2) is 6.20 Å². The molecule has 1 aromatic heterocycles. The lowest BCUT2D eigenvalue weighted by molar-refractivity contribution is -0.156. The van der Waals surface area contributed by atoms with Crippen LogP contribution >= 0.6 is 0 Å². The van der Waals surface area contributed by atoms with Crippen LogP contribution in [0.4, 0.5) is 0 Å². The molecule has 2 aliphatic rings. The molecule has 0 saturated heterocycles. The molecule has 2 saturated carbocycles. The summed E-state index contributed by atoms with van der Waals surface area (Å²) >= 11 is 0. The number of nitrogens with zero attached hydrogens (tertiary/aromatic N) is 3. The van der Waals surface area contributed by atoms with Crippen LogP contribution in [0, 0.1) is 16.7 Å². The van der Waals surface area contributed by atoms with Crippen LogP contribution in [0.3, 0.4) is 0 Å². The van der Waals surface area contributed by atoms with Gasteiger partial charge in [-0.25, -0.2) is 4.68 Å². The van der Waals surface area contributed by atoms with Gasteiger partial charge in [0.25, 0.3) is 0 Å². The summed E-state index contributed by atoms with van der Waals surface area (Å²) in [7, 11) is 0. The molecule has 0 aliphatic heterocycles. The minimum atomic E-state index is -0.804. The standard InChI is InChI=1S/C15H25N3O/c1-5-8-18-12(10-16-17-18)15(19)13(2,3)11-6-7-14(15,4)9-11/h10-11,19H,5-9H2,1-4H3. The molecule has 1 heterocycles. The van der Waals surface area contributed by atoms with E-state index in [-0.39, 0.29) is 10.8 Å². The second-order valence-corrected chi connectivity index (χ2v) is 7.27. The van der Waals surface area contributed by atoms with Crippen molar-refractivity contribution < 1.29 is 5.11 Å². The third-order valence-electron chi connectivity index (χ3n) is 5.99. The summed E-state index contributed by atoms with van der Waals surface area (Å²) in [5.41, 5.74) is -0.0209. The SMILES string of the molecule is CCCn1nncc1C1(O)C2(C)CCC(C2)C1(C)C. The summed E-state index contributed by atoms with van der Waals surface area (Å²) in [6.45, 7) is 9.62. The van der Waals surface area contributed by atoms with Crippen molar-refractivity contribution in [2.24, 2.45) is 16.7 Å². The third-order valence-corrected chi connectivity index (χ3v) is 5.99. The molecule has 4 heteroatoms. The molecule has 0 spiro atoms. The topological polar surface area (TPSA) is 50.9 Å². The third kappa shape index (κ3) is 1.38. The Balaban J connectivity index is 2.13. The quantitative estimate of drug-likeness (QED) is 0.912. The van der Waals surface area contributed by atoms with Crippen molar-refractivity contribution in [3.63, 3.8) is 0 Å². The van der Waals surface area contributed by atoms with Gasteiger partial charge in [-0.05, 0) is 31.6 Å². The monoisotopic (exact) mass is 263 g/mol. The van der Waals surface area contributed by atoms with Gasteiger partial charge in [0, 0.05) is 17.4 Å². The highest BCUT2D eigenvalue weighted by Gasteiger charge is 2.70. The van der Waals surface area contributed by atoms with E-state index < -0.39 is 5.60 Å². The zero-order valence-electron chi connectivity index (χ0n) is 12.5. The number of hydrogen-bond donors (Lipinski definition) is 1. The molecule has 1 aromatic rings. The van der Waals surface area contributed by atoms with Gasteiger partial charge < -0.3 is 5.11 Å². The average molecular weight is 263 g/mol. The van der Waals surface area contributed by atoms with Crippen molar-refractivity contribution in [3.8, 4) is 0 Å². The van der Waals surface area contributed by atoms with Gasteiger partial charge in [0.1, 0.15) is 5.60 Å². The summed E-state index contributed by atoms with van der Waals surface area (Å²) in [5, 5.41) is 19.9. The van der Waals surface area contributed by atoms with Gasteiger partial charge >= 0.3 is 0 Å². The molecule has 0 radical (unpaired) electrons. The number of rotatable bonds is 3. The highest BCUT2D eigenvalue weighted by molar-refractivity contribution is 5.27. The Morgan fingerprint density at radius 3 is 2.74 bits per heavy atom. The molecule has 4 nitrogen and oxygen atoms in total. The number of hydrogen-bond acceptors (Lipinski definition) is 3. The molecule has 2 aliphatic carbocycles. The minimum absolute atomic E-state index is 0.0334. The van der Waals surface area contributed by atoms with Crippen LogP contribution in [0.1, 0.15) is 59.1 Å². The number of fused-ring (bicyclic) bond motifs is 2. The van der Waals surface area contributed by atoms with Crippen molar-refractivity contribution >= 4 is 0 Å². The van der Waals surface area contributed by atoms with Crippen LogP contribution in [0.25, 0.3) is 0 Å². The predicted molar refractivity (Wildman–Crippen MR) is 73.4 cm³/mol. The minimum Gasteiger partial charge on any atom is -0.382 e. The van der Waals surface area contributed by atoms with Crippen molar-refractivity contribution in [2.45, 2.75) is 65.5 Å². The largest absolute Gasteiger partial charge is 0.382 e. The first-order chi connectivity index (χ1) is 8.87. The Bertz CT molecular complexity index is 489. The van der Waals surface area contributed by atoms with Gasteiger partial charge in [0.05, 0.1) is 11.9 Å². The first-order valence-corrected chi connectivity index (χ1v) is 7.48. The van der Waals surface area contributed by atoms with Gasteiger partial charge in [-0.3, -0.25) is 0 Å². The van der Waals surface area contributed by atoms with E-state index in [0.29, 0.717) is 5.92 Å². The average Bonchev–Trinajstić information content (AvgIpc) is 2.98. The van der Waals surface area contributed by atoms with Gasteiger partial charge in [-0.15, -0.1) is 5.10 Å². The molecule has 2 bridgehead atoms. The van der Waals surface area contributed by atoms with E-state index in [4.69, 9.17) is 0 Å². The molecular weight excluding hydrogens is 238 g/mol. The van der Waals surface area contributed by atoms with E-state index in [2.05, 4.69) is 38.0 Å². The van der Waals surface area contributed by atoms with Crippen LogP contribution in [-0.2, 0) is 12.1 Å². The zero-order valence-corrected chi connectivity index (χ0v) is 12.5. The van der Waals surface area contributed by atoms with E-state index >= 15 is 0 Å². The zero-order chi connectivity index (χ0) is 13.9. The van der Waals surface area contributed by atoms with E-state index in [9.17, 15) is 5.11 Å². The van der Waals surface area contributed by atoms with E-state index in [1.807, 2.05) is 4.68 Å². The van der Waals surface area contributed by atoms with E-state index in [1.165, 1.54) is 6.42 Å². The predicted octanol–water partition coefficient (Wildman–Crippen LogP) is 2.72. The molecule has 0 amide bonds. The molecule has 0 aromatic carbocycles. The molecule has 2 fully saturated rings. The lowest BCUT2D eigenvalue weighted by atomic mass is 9.59. The lowest BCUT2D eigenvalue weighted by Crippen LogP contribution is -2.52. The van der Waals surface area contributed by atoms with Crippen molar-refractivity contribution in [1.82, 2.24) is 15.0 Å². The highest BCUT2D eigenvalue weighted by atomic mass is 16.3. The first kappa shape index (κ1) is 13.1. The van der Waals surface area contributed by atoms with Crippen molar-refractivity contribution in [3.05, 3.63) is 11.9 Å². The molecule has 1 N–H and O–H groups in total. The maximum Gasteiger partial charge on any atom is 0.118 e. The number of aryl methyl sites for hydroxylation is 1. The fourth-order valence-corrected chi connectivity index (χ4v) is 4.81. The smallest absolute Gasteiger partial charge is 0.118 e. The van der Waals surface area contributed by atoms with Crippen LogP contribution < -0.4 is 0 Å². The fourth-order valence-electron chi connectivity index (χ4n) is 4.81. The summed E-state index contributed by atoms with van der Waals surface area (Å²) in [6, 6.07) is 0. The normalized spacial score (nSPS) is 39.9. The van der Waals surface area contributed by atoms with Crippen molar-refractivity contribution in [1.29, 1.82) is 0 Å². The van der Waals surface area contributed by atoms with Gasteiger partial charge in [-0.2, -0.15) is 0 Å². The van der Waals surface area contributed by atoms with Gasteiger partial charge in [-0.1, -0.05) is 32.9 Å². The maximum atomic E-state index is 11.6. The number of aliphatic hydroxyl groups is 1. The molecule has 3 rings (SSSR count). The van der Waals surface area contributed by atoms with Crippen molar-refractivity contribution in [2.75, 3.05) is 0 Å². The molecular formula is C15H25N3O. The lowest BCUT2D eigenvalue weighted by Gasteiger charge is -2.50. The Labute approximate surface area is 115 Å². The second-order valence-electron chi connectivity index (χ2n) is 7.27. The summed E-state index contributed by atoms with van der Waals surface area (Å²) < 4.78 is 1.91. The van der Waals surface area contributed by atoms with Crippen LogP contribution in [-0.4, -0.2) is 20.1 Å². The Morgan fingerprint density at radius 1 is 1.42 bits per heavy atom. The van der Waals surface area contributed by atoms with Gasteiger partial charge in [0.2, 0.25) is 0 Å². The second kappa shape index (κ2) is 3.81. The summed E-state index contributed by atoms with van der Waals surface area (Å²) in [4.78, 5) is 0. The molecule has 3 unspecified atom stereocenters.